The number of carboxylic acid groups (broad SMARTS) is 1. The van der Waals surface area contributed by atoms with Crippen LogP contribution in [0, 0.1) is 13.8 Å². The fourth-order valence-electron chi connectivity index (χ4n) is 2.07. The summed E-state index contributed by atoms with van der Waals surface area (Å²) in [5.41, 5.74) is 2.52. The lowest BCUT2D eigenvalue weighted by Gasteiger charge is -2.18. The van der Waals surface area contributed by atoms with E-state index in [-0.39, 0.29) is 12.3 Å². The van der Waals surface area contributed by atoms with Crippen LogP contribution in [0.15, 0.2) is 18.2 Å². The number of ether oxygens (including phenoxy) is 1. The second-order valence-electron chi connectivity index (χ2n) is 4.93. The number of aryl methyl sites for hydroxylation is 1. The van der Waals surface area contributed by atoms with Crippen molar-refractivity contribution in [1.29, 1.82) is 0 Å². The van der Waals surface area contributed by atoms with Gasteiger partial charge in [0.2, 0.25) is 5.91 Å². The lowest BCUT2D eigenvalue weighted by molar-refractivity contribution is -0.142. The number of hydrogen-bond donors (Lipinski definition) is 2. The van der Waals surface area contributed by atoms with Gasteiger partial charge in [-0.25, -0.2) is 4.79 Å². The molecule has 0 saturated carbocycles. The molecule has 1 unspecified atom stereocenters. The molecule has 0 spiro atoms. The first-order valence-corrected chi connectivity index (χ1v) is 7.13. The van der Waals surface area contributed by atoms with Crippen molar-refractivity contribution < 1.29 is 19.4 Å². The molecule has 0 aliphatic carbocycles. The normalized spacial score (nSPS) is 12.0. The largest absolute Gasteiger partial charge is 0.479 e. The maximum Gasteiger partial charge on any atom is 0.330 e. The van der Waals surface area contributed by atoms with Crippen LogP contribution >= 0.6 is 0 Å². The molecule has 0 aliphatic rings. The highest BCUT2D eigenvalue weighted by Gasteiger charge is 2.23. The molecular weight excluding hydrogens is 270 g/mol. The van der Waals surface area contributed by atoms with Gasteiger partial charge in [-0.3, -0.25) is 4.79 Å². The van der Waals surface area contributed by atoms with Crippen LogP contribution in [0.4, 0.5) is 0 Å². The molecule has 5 nitrogen and oxygen atoms in total. The van der Waals surface area contributed by atoms with Crippen molar-refractivity contribution in [2.75, 3.05) is 13.2 Å². The Hall–Kier alpha value is -1.88. The summed E-state index contributed by atoms with van der Waals surface area (Å²) in [4.78, 5) is 23.3. The van der Waals surface area contributed by atoms with E-state index < -0.39 is 12.0 Å². The molecule has 0 radical (unpaired) electrons. The van der Waals surface area contributed by atoms with Gasteiger partial charge in [0.25, 0.3) is 0 Å². The first kappa shape index (κ1) is 17.2. The first-order chi connectivity index (χ1) is 9.97. The number of aliphatic carboxylic acids is 1. The van der Waals surface area contributed by atoms with Gasteiger partial charge in [-0.15, -0.1) is 0 Å². The van der Waals surface area contributed by atoms with Crippen molar-refractivity contribution in [3.63, 3.8) is 0 Å². The number of carbonyl (C=O) groups is 2. The van der Waals surface area contributed by atoms with Gasteiger partial charge >= 0.3 is 5.97 Å². The van der Waals surface area contributed by atoms with E-state index in [2.05, 4.69) is 5.32 Å². The lowest BCUT2D eigenvalue weighted by atomic mass is 9.97. The molecule has 1 rings (SSSR count). The molecule has 21 heavy (non-hydrogen) atoms. The van der Waals surface area contributed by atoms with Crippen LogP contribution < -0.4 is 5.32 Å². The fraction of sp³-hybridized carbons (Fsp3) is 0.500. The lowest BCUT2D eigenvalue weighted by Crippen LogP contribution is -2.34. The van der Waals surface area contributed by atoms with Gasteiger partial charge in [-0.05, 0) is 43.9 Å². The van der Waals surface area contributed by atoms with Gasteiger partial charge in [-0.2, -0.15) is 0 Å². The third kappa shape index (κ3) is 5.19. The standard InChI is InChI=1S/C16H23NO4/c1-4-21-10-6-9-14(18)17-15(16(19)20)13-8-5-7-11(2)12(13)3/h5,7-8,15H,4,6,9-10H2,1-3H3,(H,17,18)(H,19,20). The third-order valence-corrected chi connectivity index (χ3v) is 3.41. The minimum absolute atomic E-state index is 0.259. The number of carboxylic acids is 1. The molecule has 1 aromatic rings. The summed E-state index contributed by atoms with van der Waals surface area (Å²) in [6, 6.07) is 4.45. The molecule has 0 aromatic heterocycles. The van der Waals surface area contributed by atoms with E-state index in [9.17, 15) is 14.7 Å². The highest BCUT2D eigenvalue weighted by Crippen LogP contribution is 2.21. The van der Waals surface area contributed by atoms with E-state index in [1.54, 1.807) is 12.1 Å². The highest BCUT2D eigenvalue weighted by molar-refractivity contribution is 5.84. The number of amides is 1. The molecule has 116 valence electrons. The molecular formula is C16H23NO4. The molecule has 0 fully saturated rings. The van der Waals surface area contributed by atoms with Crippen LogP contribution in [0.3, 0.4) is 0 Å². The van der Waals surface area contributed by atoms with Gasteiger partial charge < -0.3 is 15.2 Å². The first-order valence-electron chi connectivity index (χ1n) is 7.13. The van der Waals surface area contributed by atoms with Crippen LogP contribution in [0.2, 0.25) is 0 Å². The Morgan fingerprint density at radius 3 is 2.67 bits per heavy atom. The zero-order valence-electron chi connectivity index (χ0n) is 12.8. The summed E-state index contributed by atoms with van der Waals surface area (Å²) in [5, 5.41) is 11.9. The minimum atomic E-state index is -1.05. The SMILES string of the molecule is CCOCCCC(=O)NC(C(=O)O)c1cccc(C)c1C. The van der Waals surface area contributed by atoms with E-state index in [0.717, 1.165) is 11.1 Å². The van der Waals surface area contributed by atoms with Crippen molar-refractivity contribution in [3.8, 4) is 0 Å². The molecule has 5 heteroatoms. The van der Waals surface area contributed by atoms with Crippen LogP contribution in [0.25, 0.3) is 0 Å². The number of rotatable bonds is 8. The van der Waals surface area contributed by atoms with Crippen LogP contribution in [0.1, 0.15) is 42.5 Å². The smallest absolute Gasteiger partial charge is 0.330 e. The van der Waals surface area contributed by atoms with Gasteiger partial charge in [0.05, 0.1) is 0 Å². The predicted octanol–water partition coefficient (Wildman–Crippen LogP) is 2.36. The molecule has 1 aromatic carbocycles. The summed E-state index contributed by atoms with van der Waals surface area (Å²) >= 11 is 0. The van der Waals surface area contributed by atoms with E-state index in [4.69, 9.17) is 4.74 Å². The summed E-state index contributed by atoms with van der Waals surface area (Å²) < 4.78 is 5.16. The summed E-state index contributed by atoms with van der Waals surface area (Å²) in [6.07, 6.45) is 0.841. The number of carbonyl (C=O) groups excluding carboxylic acids is 1. The Morgan fingerprint density at radius 2 is 2.05 bits per heavy atom. The zero-order valence-corrected chi connectivity index (χ0v) is 12.8. The van der Waals surface area contributed by atoms with Crippen molar-refractivity contribution in [2.45, 2.75) is 39.7 Å². The Balaban J connectivity index is 2.72. The van der Waals surface area contributed by atoms with Crippen LogP contribution in [0.5, 0.6) is 0 Å². The molecule has 1 atom stereocenters. The topological polar surface area (TPSA) is 75.6 Å². The minimum Gasteiger partial charge on any atom is -0.479 e. The Bertz CT molecular complexity index is 499. The van der Waals surface area contributed by atoms with Gasteiger partial charge in [0, 0.05) is 19.6 Å². The molecule has 1 amide bonds. The van der Waals surface area contributed by atoms with Crippen molar-refractivity contribution in [3.05, 3.63) is 34.9 Å². The Kier molecular flexibility index (Phi) is 6.88. The Labute approximate surface area is 125 Å². The van der Waals surface area contributed by atoms with E-state index in [0.29, 0.717) is 25.2 Å². The molecule has 2 N–H and O–H groups in total. The van der Waals surface area contributed by atoms with Gasteiger partial charge in [-0.1, -0.05) is 18.2 Å². The molecule has 0 bridgehead atoms. The average molecular weight is 293 g/mol. The van der Waals surface area contributed by atoms with E-state index in [1.165, 1.54) is 0 Å². The number of hydrogen-bond acceptors (Lipinski definition) is 3. The average Bonchev–Trinajstić information content (AvgIpc) is 2.44. The second kappa shape index (κ2) is 8.42. The maximum absolute atomic E-state index is 11.9. The van der Waals surface area contributed by atoms with Crippen LogP contribution in [-0.2, 0) is 14.3 Å². The van der Waals surface area contributed by atoms with Gasteiger partial charge in [0.1, 0.15) is 0 Å². The van der Waals surface area contributed by atoms with E-state index in [1.807, 2.05) is 26.8 Å². The van der Waals surface area contributed by atoms with Gasteiger partial charge in [0.15, 0.2) is 6.04 Å². The second-order valence-corrected chi connectivity index (χ2v) is 4.93. The summed E-state index contributed by atoms with van der Waals surface area (Å²) in [7, 11) is 0. The molecule has 0 saturated heterocycles. The highest BCUT2D eigenvalue weighted by atomic mass is 16.5. The molecule has 0 aliphatic heterocycles. The fourth-order valence-corrected chi connectivity index (χ4v) is 2.07. The monoisotopic (exact) mass is 293 g/mol. The summed E-state index contributed by atoms with van der Waals surface area (Å²) in [5.74, 6) is -1.33. The van der Waals surface area contributed by atoms with Crippen molar-refractivity contribution in [2.24, 2.45) is 0 Å². The quantitative estimate of drug-likeness (QED) is 0.721. The Morgan fingerprint density at radius 1 is 1.33 bits per heavy atom. The van der Waals surface area contributed by atoms with Crippen LogP contribution in [-0.4, -0.2) is 30.2 Å². The van der Waals surface area contributed by atoms with Crippen molar-refractivity contribution in [1.82, 2.24) is 5.32 Å². The predicted molar refractivity (Wildman–Crippen MR) is 80.2 cm³/mol. The molecule has 0 heterocycles. The number of benzene rings is 1. The van der Waals surface area contributed by atoms with E-state index >= 15 is 0 Å². The number of nitrogens with one attached hydrogen (secondary N) is 1. The zero-order chi connectivity index (χ0) is 15.8. The van der Waals surface area contributed by atoms with Crippen molar-refractivity contribution >= 4 is 11.9 Å². The maximum atomic E-state index is 11.9. The summed E-state index contributed by atoms with van der Waals surface area (Å²) in [6.45, 7) is 6.79. The third-order valence-electron chi connectivity index (χ3n) is 3.41.